The van der Waals surface area contributed by atoms with E-state index in [2.05, 4.69) is 46.9 Å². The number of imidazole rings is 1. The zero-order valence-corrected chi connectivity index (χ0v) is 17.8. The number of hydrogen-bond acceptors (Lipinski definition) is 3. The Labute approximate surface area is 178 Å². The van der Waals surface area contributed by atoms with Crippen molar-refractivity contribution in [2.75, 3.05) is 0 Å². The topological polar surface area (TPSA) is 67.2 Å². The molecule has 1 unspecified atom stereocenters. The van der Waals surface area contributed by atoms with Crippen LogP contribution in [0.15, 0.2) is 60.8 Å². The van der Waals surface area contributed by atoms with Crippen LogP contribution in [-0.2, 0) is 30.7 Å². The van der Waals surface area contributed by atoms with E-state index in [0.29, 0.717) is 13.0 Å². The van der Waals surface area contributed by atoms with Crippen LogP contribution in [0.2, 0.25) is 0 Å². The normalized spacial score (nSPS) is 12.1. The highest BCUT2D eigenvalue weighted by Crippen LogP contribution is 2.16. The number of carboxylic acid groups (broad SMARTS) is 1. The molecule has 0 aliphatic carbocycles. The summed E-state index contributed by atoms with van der Waals surface area (Å²) in [6, 6.07) is 17.5. The van der Waals surface area contributed by atoms with Crippen molar-refractivity contribution in [3.63, 3.8) is 0 Å². The second kappa shape index (κ2) is 10.7. The van der Waals surface area contributed by atoms with E-state index in [1.165, 1.54) is 11.1 Å². The summed E-state index contributed by atoms with van der Waals surface area (Å²) in [5.74, 6) is 0.224. The van der Waals surface area contributed by atoms with Gasteiger partial charge in [0.15, 0.2) is 0 Å². The second-order valence-corrected chi connectivity index (χ2v) is 7.74. The van der Waals surface area contributed by atoms with Gasteiger partial charge in [-0.25, -0.2) is 4.98 Å². The van der Waals surface area contributed by atoms with Gasteiger partial charge < -0.3 is 9.67 Å². The predicted molar refractivity (Wildman–Crippen MR) is 120 cm³/mol. The Balaban J connectivity index is 1.77. The Kier molecular flexibility index (Phi) is 7.80. The van der Waals surface area contributed by atoms with Gasteiger partial charge in [-0.15, -0.1) is 0 Å². The standard InChI is InChI=1S/C25H31N3O2/c1-3-4-14-24-27-17-22(28(24)18-21-13-9-8-10-19(21)2)16-26-23(25(29)30)15-20-11-6-5-7-12-20/h5-13,17,23,26H,3-4,14-16,18H2,1-2H3,(H,29,30). The molecule has 5 nitrogen and oxygen atoms in total. The van der Waals surface area contributed by atoms with Gasteiger partial charge in [0.25, 0.3) is 0 Å². The molecule has 2 N–H and O–H groups in total. The molecule has 1 atom stereocenters. The van der Waals surface area contributed by atoms with Crippen molar-refractivity contribution in [1.82, 2.24) is 14.9 Å². The van der Waals surface area contributed by atoms with Gasteiger partial charge in [-0.1, -0.05) is 67.9 Å². The monoisotopic (exact) mass is 405 g/mol. The van der Waals surface area contributed by atoms with Crippen molar-refractivity contribution >= 4 is 5.97 Å². The quantitative estimate of drug-likeness (QED) is 0.497. The number of unbranched alkanes of at least 4 members (excludes halogenated alkanes) is 1. The summed E-state index contributed by atoms with van der Waals surface area (Å²) in [6.07, 6.45) is 5.46. The molecule has 0 fully saturated rings. The minimum absolute atomic E-state index is 0.449. The number of aromatic nitrogens is 2. The van der Waals surface area contributed by atoms with E-state index in [1.54, 1.807) is 0 Å². The lowest BCUT2D eigenvalue weighted by molar-refractivity contribution is -0.139. The van der Waals surface area contributed by atoms with Gasteiger partial charge in [-0.05, 0) is 36.5 Å². The number of nitrogens with zero attached hydrogens (tertiary/aromatic N) is 2. The van der Waals surface area contributed by atoms with E-state index in [9.17, 15) is 9.90 Å². The lowest BCUT2D eigenvalue weighted by atomic mass is 10.1. The molecule has 30 heavy (non-hydrogen) atoms. The summed E-state index contributed by atoms with van der Waals surface area (Å²) >= 11 is 0. The number of carboxylic acids is 1. The van der Waals surface area contributed by atoms with Crippen LogP contribution in [0.5, 0.6) is 0 Å². The van der Waals surface area contributed by atoms with E-state index >= 15 is 0 Å². The zero-order chi connectivity index (χ0) is 21.3. The highest BCUT2D eigenvalue weighted by Gasteiger charge is 2.19. The molecule has 0 bridgehead atoms. The van der Waals surface area contributed by atoms with Crippen LogP contribution in [0, 0.1) is 6.92 Å². The van der Waals surface area contributed by atoms with E-state index in [0.717, 1.165) is 42.9 Å². The maximum Gasteiger partial charge on any atom is 0.321 e. The van der Waals surface area contributed by atoms with E-state index in [1.807, 2.05) is 42.6 Å². The second-order valence-electron chi connectivity index (χ2n) is 7.74. The molecular weight excluding hydrogens is 374 g/mol. The smallest absolute Gasteiger partial charge is 0.321 e. The first kappa shape index (κ1) is 21.8. The molecule has 3 aromatic rings. The maximum absolute atomic E-state index is 11.8. The highest BCUT2D eigenvalue weighted by molar-refractivity contribution is 5.73. The molecule has 0 saturated heterocycles. The van der Waals surface area contributed by atoms with E-state index in [4.69, 9.17) is 0 Å². The van der Waals surface area contributed by atoms with Gasteiger partial charge in [-0.3, -0.25) is 10.1 Å². The van der Waals surface area contributed by atoms with Crippen LogP contribution < -0.4 is 5.32 Å². The van der Waals surface area contributed by atoms with Gasteiger partial charge >= 0.3 is 5.97 Å². The van der Waals surface area contributed by atoms with Gasteiger partial charge in [0.1, 0.15) is 11.9 Å². The Morgan fingerprint density at radius 1 is 1.13 bits per heavy atom. The summed E-state index contributed by atoms with van der Waals surface area (Å²) in [7, 11) is 0. The average molecular weight is 406 g/mol. The molecule has 0 aliphatic rings. The molecule has 3 rings (SSSR count). The Hall–Kier alpha value is -2.92. The fourth-order valence-corrected chi connectivity index (χ4v) is 3.60. The average Bonchev–Trinajstić information content (AvgIpc) is 3.13. The fraction of sp³-hybridized carbons (Fsp3) is 0.360. The van der Waals surface area contributed by atoms with Crippen LogP contribution in [0.3, 0.4) is 0 Å². The summed E-state index contributed by atoms with van der Waals surface area (Å²) in [6.45, 7) is 5.52. The van der Waals surface area contributed by atoms with Crippen LogP contribution in [0.1, 0.15) is 48.0 Å². The molecule has 0 aliphatic heterocycles. The number of nitrogens with one attached hydrogen (secondary N) is 1. The Morgan fingerprint density at radius 2 is 1.87 bits per heavy atom. The zero-order valence-electron chi connectivity index (χ0n) is 17.8. The Morgan fingerprint density at radius 3 is 2.57 bits per heavy atom. The lowest BCUT2D eigenvalue weighted by Gasteiger charge is -2.17. The number of carbonyl (C=O) groups is 1. The van der Waals surface area contributed by atoms with E-state index in [-0.39, 0.29) is 0 Å². The molecule has 158 valence electrons. The third kappa shape index (κ3) is 5.80. The van der Waals surface area contributed by atoms with Gasteiger partial charge in [0, 0.05) is 25.7 Å². The lowest BCUT2D eigenvalue weighted by Crippen LogP contribution is -2.38. The van der Waals surface area contributed by atoms with Crippen LogP contribution >= 0.6 is 0 Å². The van der Waals surface area contributed by atoms with Crippen molar-refractivity contribution in [3.05, 3.63) is 89.0 Å². The summed E-state index contributed by atoms with van der Waals surface area (Å²) < 4.78 is 2.24. The van der Waals surface area contributed by atoms with Crippen molar-refractivity contribution in [1.29, 1.82) is 0 Å². The molecule has 5 heteroatoms. The molecule has 1 heterocycles. The van der Waals surface area contributed by atoms with Crippen molar-refractivity contribution in [2.45, 2.75) is 58.7 Å². The minimum atomic E-state index is -0.838. The molecule has 2 aromatic carbocycles. The predicted octanol–water partition coefficient (Wildman–Crippen LogP) is 4.37. The van der Waals surface area contributed by atoms with Crippen LogP contribution in [0.4, 0.5) is 0 Å². The van der Waals surface area contributed by atoms with Crippen molar-refractivity contribution in [3.8, 4) is 0 Å². The van der Waals surface area contributed by atoms with Crippen molar-refractivity contribution < 1.29 is 9.90 Å². The number of benzene rings is 2. The molecule has 0 saturated carbocycles. The van der Waals surface area contributed by atoms with Crippen LogP contribution in [0.25, 0.3) is 0 Å². The minimum Gasteiger partial charge on any atom is -0.480 e. The molecule has 0 radical (unpaired) electrons. The number of rotatable bonds is 11. The summed E-state index contributed by atoms with van der Waals surface area (Å²) in [4.78, 5) is 16.5. The molecule has 1 aromatic heterocycles. The van der Waals surface area contributed by atoms with Gasteiger partial charge in [-0.2, -0.15) is 0 Å². The van der Waals surface area contributed by atoms with E-state index < -0.39 is 12.0 Å². The third-order valence-corrected chi connectivity index (χ3v) is 5.47. The number of hydrogen-bond donors (Lipinski definition) is 2. The van der Waals surface area contributed by atoms with Gasteiger partial charge in [0.2, 0.25) is 0 Å². The largest absolute Gasteiger partial charge is 0.480 e. The SMILES string of the molecule is CCCCc1ncc(CNC(Cc2ccccc2)C(=O)O)n1Cc1ccccc1C. The van der Waals surface area contributed by atoms with Gasteiger partial charge in [0.05, 0.1) is 5.69 Å². The number of aryl methyl sites for hydroxylation is 2. The van der Waals surface area contributed by atoms with Crippen LogP contribution in [-0.4, -0.2) is 26.7 Å². The highest BCUT2D eigenvalue weighted by atomic mass is 16.4. The molecular formula is C25H31N3O2. The van der Waals surface area contributed by atoms with Crippen molar-refractivity contribution in [2.24, 2.45) is 0 Å². The maximum atomic E-state index is 11.8. The first-order valence-corrected chi connectivity index (χ1v) is 10.7. The Bertz CT molecular complexity index is 950. The first-order chi connectivity index (χ1) is 14.6. The summed E-state index contributed by atoms with van der Waals surface area (Å²) in [5, 5.41) is 12.9. The third-order valence-electron chi connectivity index (χ3n) is 5.47. The fourth-order valence-electron chi connectivity index (χ4n) is 3.60. The first-order valence-electron chi connectivity index (χ1n) is 10.7. The molecule has 0 spiro atoms. The number of aliphatic carboxylic acids is 1. The summed E-state index contributed by atoms with van der Waals surface area (Å²) in [5.41, 5.74) is 4.53. The molecule has 0 amide bonds.